The lowest BCUT2D eigenvalue weighted by molar-refractivity contribution is -0.178. The summed E-state index contributed by atoms with van der Waals surface area (Å²) in [7, 11) is 0. The summed E-state index contributed by atoms with van der Waals surface area (Å²) in [5.74, 6) is -2.61. The first-order valence-corrected chi connectivity index (χ1v) is 14.6. The molecule has 4 rings (SSSR count). The van der Waals surface area contributed by atoms with Crippen LogP contribution in [0.1, 0.15) is 93.9 Å². The van der Waals surface area contributed by atoms with Crippen molar-refractivity contribution in [3.8, 4) is 0 Å². The van der Waals surface area contributed by atoms with E-state index in [1.165, 1.54) is 6.92 Å². The molecule has 9 atom stereocenters. The minimum Gasteiger partial charge on any atom is -0.478 e. The number of hydrogen-bond acceptors (Lipinski definition) is 7. The summed E-state index contributed by atoms with van der Waals surface area (Å²) >= 11 is 0. The number of fused-ring (bicyclic) bond motifs is 4. The van der Waals surface area contributed by atoms with E-state index in [2.05, 4.69) is 0 Å². The van der Waals surface area contributed by atoms with Gasteiger partial charge in [-0.2, -0.15) is 0 Å². The minimum atomic E-state index is -1.23. The maximum atomic E-state index is 14.6. The molecular formula is C32H46O8. The third-order valence-electron chi connectivity index (χ3n) is 11.9. The number of carbonyl (C=O) groups is 4. The van der Waals surface area contributed by atoms with Gasteiger partial charge in [-0.1, -0.05) is 40.7 Å². The molecule has 0 spiro atoms. The van der Waals surface area contributed by atoms with E-state index in [-0.39, 0.29) is 41.3 Å². The van der Waals surface area contributed by atoms with Crippen LogP contribution in [-0.2, 0) is 23.9 Å². The van der Waals surface area contributed by atoms with Crippen molar-refractivity contribution < 1.29 is 39.2 Å². The lowest BCUT2D eigenvalue weighted by Crippen LogP contribution is -2.65. The lowest BCUT2D eigenvalue weighted by atomic mass is 9.42. The zero-order valence-electron chi connectivity index (χ0n) is 25.2. The van der Waals surface area contributed by atoms with Gasteiger partial charge in [-0.05, 0) is 80.1 Å². The molecule has 0 saturated heterocycles. The number of Topliss-reactive ketones (excluding diaryl/α,β-unsaturated/α-hetero) is 2. The van der Waals surface area contributed by atoms with Crippen molar-refractivity contribution in [2.24, 2.45) is 39.4 Å². The van der Waals surface area contributed by atoms with Crippen molar-refractivity contribution in [2.75, 3.05) is 0 Å². The Labute approximate surface area is 237 Å². The summed E-state index contributed by atoms with van der Waals surface area (Å²) in [5, 5.41) is 31.9. The first-order valence-electron chi connectivity index (χ1n) is 14.6. The quantitative estimate of drug-likeness (QED) is 0.322. The number of aliphatic hydroxyl groups excluding tert-OH is 2. The molecule has 0 bridgehead atoms. The average Bonchev–Trinajstić information content (AvgIpc) is 3.07. The predicted molar refractivity (Wildman–Crippen MR) is 148 cm³/mol. The summed E-state index contributed by atoms with van der Waals surface area (Å²) in [6.07, 6.45) is 1.47. The van der Waals surface area contributed by atoms with Crippen molar-refractivity contribution in [3.63, 3.8) is 0 Å². The van der Waals surface area contributed by atoms with Crippen LogP contribution >= 0.6 is 0 Å². The highest BCUT2D eigenvalue weighted by Gasteiger charge is 2.74. The Kier molecular flexibility index (Phi) is 7.58. The largest absolute Gasteiger partial charge is 0.478 e. The van der Waals surface area contributed by atoms with Crippen molar-refractivity contribution >= 4 is 23.5 Å². The molecule has 0 aromatic carbocycles. The Bertz CT molecular complexity index is 1200. The van der Waals surface area contributed by atoms with Crippen LogP contribution in [0.4, 0.5) is 0 Å². The number of rotatable bonds is 6. The number of carbonyl (C=O) groups excluding carboxylic acids is 3. The average molecular weight is 559 g/mol. The van der Waals surface area contributed by atoms with Gasteiger partial charge in [0.15, 0.2) is 6.10 Å². The normalized spacial score (nSPS) is 41.6. The summed E-state index contributed by atoms with van der Waals surface area (Å²) < 4.78 is 5.88. The Morgan fingerprint density at radius 2 is 1.73 bits per heavy atom. The van der Waals surface area contributed by atoms with Crippen molar-refractivity contribution in [2.45, 2.75) is 112 Å². The molecule has 0 aromatic rings. The van der Waals surface area contributed by atoms with E-state index in [0.717, 1.165) is 0 Å². The lowest BCUT2D eigenvalue weighted by Gasteiger charge is -2.62. The first kappa shape index (κ1) is 30.6. The maximum Gasteiger partial charge on any atom is 0.330 e. The van der Waals surface area contributed by atoms with E-state index >= 15 is 0 Å². The highest BCUT2D eigenvalue weighted by molar-refractivity contribution is 6.08. The van der Waals surface area contributed by atoms with Gasteiger partial charge in [0.05, 0.1) is 17.6 Å². The zero-order chi connectivity index (χ0) is 30.2. The van der Waals surface area contributed by atoms with Crippen molar-refractivity contribution in [1.82, 2.24) is 0 Å². The number of carboxylic acids is 1. The van der Waals surface area contributed by atoms with Crippen LogP contribution in [0.2, 0.25) is 0 Å². The second-order valence-corrected chi connectivity index (χ2v) is 14.1. The first-order chi connectivity index (χ1) is 18.4. The van der Waals surface area contributed by atoms with Crippen LogP contribution in [0, 0.1) is 39.4 Å². The van der Waals surface area contributed by atoms with Gasteiger partial charge >= 0.3 is 11.9 Å². The molecule has 4 aliphatic carbocycles. The number of aliphatic hydroxyl groups is 2. The SMILES string of the molecule is CC(=O)O[C@@H]1C(=O)C2=C([C@@H](O)C[C@H]3C(C)(C)[C@@H](O)CC[C@]23C)[C@]2(C)C(=O)C[C@H]([C@H](C)CC/C=C(\C)C(=O)O)[C@@]12C. The van der Waals surface area contributed by atoms with Gasteiger partial charge in [0.1, 0.15) is 5.78 Å². The standard InChI is InChI=1S/C32H46O8/c1-16(10-9-11-17(2)28(38)39)19-14-23(36)32(8)24-20(34)15-21-29(4,5)22(35)12-13-30(21,6)25(24)26(37)27(31(19,32)7)40-18(3)33/h11,16,19-22,27,34-35H,9-10,12-15H2,1-8H3,(H,38,39)/b17-11+/t16-,19-,20+,21+,22+,27-,30+,31+,32+/m1/s1. The fourth-order valence-electron chi connectivity index (χ4n) is 9.28. The van der Waals surface area contributed by atoms with E-state index < -0.39 is 51.9 Å². The third kappa shape index (κ3) is 4.07. The fourth-order valence-corrected chi connectivity index (χ4v) is 9.28. The van der Waals surface area contributed by atoms with Gasteiger partial charge in [-0.15, -0.1) is 0 Å². The molecule has 8 nitrogen and oxygen atoms in total. The zero-order valence-corrected chi connectivity index (χ0v) is 25.2. The minimum absolute atomic E-state index is 0.0718. The molecule has 0 aliphatic heterocycles. The van der Waals surface area contributed by atoms with E-state index in [0.29, 0.717) is 43.3 Å². The number of hydrogen-bond donors (Lipinski definition) is 3. The Balaban J connectivity index is 1.88. The topological polar surface area (TPSA) is 138 Å². The molecule has 2 fully saturated rings. The molecule has 0 aromatic heterocycles. The molecule has 222 valence electrons. The van der Waals surface area contributed by atoms with E-state index in [1.54, 1.807) is 13.0 Å². The Morgan fingerprint density at radius 1 is 1.10 bits per heavy atom. The fraction of sp³-hybridized carbons (Fsp3) is 0.750. The molecule has 2 saturated carbocycles. The Morgan fingerprint density at radius 3 is 2.30 bits per heavy atom. The van der Waals surface area contributed by atoms with Gasteiger partial charge in [0.25, 0.3) is 0 Å². The van der Waals surface area contributed by atoms with Crippen LogP contribution in [-0.4, -0.2) is 57.1 Å². The molecule has 0 heterocycles. The molecular weight excluding hydrogens is 512 g/mol. The van der Waals surface area contributed by atoms with E-state index in [9.17, 15) is 34.5 Å². The number of aliphatic carboxylic acids is 1. The smallest absolute Gasteiger partial charge is 0.330 e. The number of ketones is 2. The van der Waals surface area contributed by atoms with Gasteiger partial charge in [-0.25, -0.2) is 4.79 Å². The van der Waals surface area contributed by atoms with Crippen molar-refractivity contribution in [3.05, 3.63) is 22.8 Å². The van der Waals surface area contributed by atoms with Gasteiger partial charge in [-0.3, -0.25) is 14.4 Å². The molecule has 8 heteroatoms. The third-order valence-corrected chi connectivity index (χ3v) is 11.9. The highest BCUT2D eigenvalue weighted by atomic mass is 16.5. The van der Waals surface area contributed by atoms with Gasteiger partial charge < -0.3 is 20.1 Å². The molecule has 0 unspecified atom stereocenters. The van der Waals surface area contributed by atoms with E-state index in [4.69, 9.17) is 4.74 Å². The van der Waals surface area contributed by atoms with Crippen LogP contribution in [0.3, 0.4) is 0 Å². The van der Waals surface area contributed by atoms with Crippen LogP contribution in [0.5, 0.6) is 0 Å². The summed E-state index contributed by atoms with van der Waals surface area (Å²) in [6.45, 7) is 14.5. The second-order valence-electron chi connectivity index (χ2n) is 14.1. The summed E-state index contributed by atoms with van der Waals surface area (Å²) in [4.78, 5) is 52.5. The number of ether oxygens (including phenoxy) is 1. The maximum absolute atomic E-state index is 14.6. The number of carboxylic acid groups (broad SMARTS) is 1. The number of allylic oxidation sites excluding steroid dienone is 1. The molecule has 4 aliphatic rings. The monoisotopic (exact) mass is 558 g/mol. The van der Waals surface area contributed by atoms with Gasteiger partial charge in [0, 0.05) is 29.9 Å². The van der Waals surface area contributed by atoms with Crippen LogP contribution in [0.25, 0.3) is 0 Å². The molecule has 40 heavy (non-hydrogen) atoms. The van der Waals surface area contributed by atoms with Crippen LogP contribution in [0.15, 0.2) is 22.8 Å². The predicted octanol–water partition coefficient (Wildman–Crippen LogP) is 4.41. The number of esters is 1. The molecule has 3 N–H and O–H groups in total. The van der Waals surface area contributed by atoms with E-state index in [1.807, 2.05) is 41.5 Å². The highest BCUT2D eigenvalue weighted by Crippen LogP contribution is 2.71. The molecule has 0 radical (unpaired) electrons. The second kappa shape index (κ2) is 9.90. The summed E-state index contributed by atoms with van der Waals surface area (Å²) in [6, 6.07) is 0. The van der Waals surface area contributed by atoms with Gasteiger partial charge in [0.2, 0.25) is 5.78 Å². The molecule has 0 amide bonds. The van der Waals surface area contributed by atoms with Crippen molar-refractivity contribution in [1.29, 1.82) is 0 Å². The Hall–Kier alpha value is -2.32. The van der Waals surface area contributed by atoms with Crippen LogP contribution < -0.4 is 0 Å². The summed E-state index contributed by atoms with van der Waals surface area (Å²) in [5.41, 5.74) is -2.43.